The van der Waals surface area contributed by atoms with Gasteiger partial charge in [0.15, 0.2) is 0 Å². The number of benzene rings is 1. The summed E-state index contributed by atoms with van der Waals surface area (Å²) in [7, 11) is 0. The summed E-state index contributed by atoms with van der Waals surface area (Å²) in [5, 5.41) is 3.58. The predicted molar refractivity (Wildman–Crippen MR) is 88.8 cm³/mol. The minimum atomic E-state index is 0.222. The molecule has 0 amide bonds. The van der Waals surface area contributed by atoms with Crippen molar-refractivity contribution in [3.05, 3.63) is 29.8 Å². The van der Waals surface area contributed by atoms with E-state index in [2.05, 4.69) is 49.2 Å². The molecule has 2 rings (SSSR count). The maximum Gasteiger partial charge on any atom is 0.124 e. The highest BCUT2D eigenvalue weighted by atomic mass is 16.5. The average molecular weight is 290 g/mol. The Bertz CT molecular complexity index is 413. The van der Waals surface area contributed by atoms with E-state index in [1.807, 2.05) is 6.07 Å². The van der Waals surface area contributed by atoms with Gasteiger partial charge in [-0.1, -0.05) is 25.1 Å². The molecule has 0 aliphatic carbocycles. The molecule has 0 bridgehead atoms. The average Bonchev–Trinajstić information content (AvgIpc) is 2.93. The number of rotatable bonds is 8. The molecule has 1 aromatic rings. The molecule has 0 spiro atoms. The molecule has 1 aliphatic rings. The van der Waals surface area contributed by atoms with Gasteiger partial charge in [0.25, 0.3) is 0 Å². The fourth-order valence-corrected chi connectivity index (χ4v) is 2.94. The number of para-hydroxylation sites is 1. The van der Waals surface area contributed by atoms with Crippen LogP contribution in [-0.2, 0) is 6.54 Å². The maximum atomic E-state index is 5.86. The van der Waals surface area contributed by atoms with E-state index in [1.54, 1.807) is 0 Å². The lowest BCUT2D eigenvalue weighted by Crippen LogP contribution is -2.31. The van der Waals surface area contributed by atoms with Crippen molar-refractivity contribution in [1.82, 2.24) is 10.2 Å². The molecule has 0 aromatic heterocycles. The van der Waals surface area contributed by atoms with E-state index < -0.39 is 0 Å². The summed E-state index contributed by atoms with van der Waals surface area (Å²) < 4.78 is 5.86. The van der Waals surface area contributed by atoms with Crippen LogP contribution in [-0.4, -0.2) is 37.2 Å². The van der Waals surface area contributed by atoms with Gasteiger partial charge in [-0.05, 0) is 58.3 Å². The molecule has 1 N–H and O–H groups in total. The highest BCUT2D eigenvalue weighted by Crippen LogP contribution is 2.19. The first-order valence-electron chi connectivity index (χ1n) is 8.33. The van der Waals surface area contributed by atoms with Crippen LogP contribution in [0.3, 0.4) is 0 Å². The number of hydrogen-bond acceptors (Lipinski definition) is 3. The molecule has 0 saturated carbocycles. The summed E-state index contributed by atoms with van der Waals surface area (Å²) in [4.78, 5) is 2.59. The molecule has 3 nitrogen and oxygen atoms in total. The Morgan fingerprint density at radius 2 is 1.86 bits per heavy atom. The molecule has 1 heterocycles. The van der Waals surface area contributed by atoms with Gasteiger partial charge in [0.2, 0.25) is 0 Å². The molecule has 21 heavy (non-hydrogen) atoms. The van der Waals surface area contributed by atoms with Gasteiger partial charge in [-0.25, -0.2) is 0 Å². The first kappa shape index (κ1) is 16.3. The first-order chi connectivity index (χ1) is 10.1. The van der Waals surface area contributed by atoms with Gasteiger partial charge in [-0.15, -0.1) is 0 Å². The largest absolute Gasteiger partial charge is 0.491 e. The van der Waals surface area contributed by atoms with Crippen LogP contribution in [0.4, 0.5) is 0 Å². The molecule has 118 valence electrons. The van der Waals surface area contributed by atoms with Crippen LogP contribution in [0.2, 0.25) is 0 Å². The van der Waals surface area contributed by atoms with E-state index in [1.165, 1.54) is 38.0 Å². The molecule has 1 saturated heterocycles. The van der Waals surface area contributed by atoms with Gasteiger partial charge >= 0.3 is 0 Å². The van der Waals surface area contributed by atoms with Crippen molar-refractivity contribution in [2.45, 2.75) is 46.3 Å². The van der Waals surface area contributed by atoms with Crippen LogP contribution in [0.15, 0.2) is 24.3 Å². The number of nitrogens with one attached hydrogen (secondary N) is 1. The van der Waals surface area contributed by atoms with Crippen LogP contribution in [0.1, 0.15) is 39.2 Å². The lowest BCUT2D eigenvalue weighted by molar-refractivity contribution is 0.239. The number of likely N-dealkylation sites (tertiary alicyclic amines) is 1. The van der Waals surface area contributed by atoms with E-state index in [0.717, 1.165) is 18.8 Å². The van der Waals surface area contributed by atoms with Crippen molar-refractivity contribution in [2.75, 3.05) is 26.2 Å². The summed E-state index contributed by atoms with van der Waals surface area (Å²) in [6, 6.07) is 8.33. The third kappa shape index (κ3) is 5.68. The van der Waals surface area contributed by atoms with Gasteiger partial charge in [-0.2, -0.15) is 0 Å². The van der Waals surface area contributed by atoms with Crippen LogP contribution in [0.25, 0.3) is 0 Å². The molecule has 1 aromatic carbocycles. The Labute approximate surface area is 129 Å². The summed E-state index contributed by atoms with van der Waals surface area (Å²) >= 11 is 0. The van der Waals surface area contributed by atoms with E-state index >= 15 is 0 Å². The molecule has 0 radical (unpaired) electrons. The SMILES string of the molecule is CC(CNCc1ccccc1OC(C)C)CN1CCCC1. The smallest absolute Gasteiger partial charge is 0.124 e. The van der Waals surface area contributed by atoms with E-state index in [4.69, 9.17) is 4.74 Å². The third-order valence-corrected chi connectivity index (χ3v) is 3.91. The minimum absolute atomic E-state index is 0.222. The molecule has 3 heteroatoms. The highest BCUT2D eigenvalue weighted by molar-refractivity contribution is 5.33. The van der Waals surface area contributed by atoms with Crippen LogP contribution < -0.4 is 10.1 Å². The first-order valence-corrected chi connectivity index (χ1v) is 8.33. The van der Waals surface area contributed by atoms with Gasteiger partial charge < -0.3 is 15.0 Å². The van der Waals surface area contributed by atoms with Gasteiger partial charge in [0.05, 0.1) is 6.10 Å². The Balaban J connectivity index is 1.74. The lowest BCUT2D eigenvalue weighted by Gasteiger charge is -2.21. The Hall–Kier alpha value is -1.06. The Morgan fingerprint density at radius 1 is 1.14 bits per heavy atom. The van der Waals surface area contributed by atoms with E-state index in [0.29, 0.717) is 5.92 Å². The number of ether oxygens (including phenoxy) is 1. The number of nitrogens with zero attached hydrogens (tertiary/aromatic N) is 1. The Morgan fingerprint density at radius 3 is 2.57 bits per heavy atom. The topological polar surface area (TPSA) is 24.5 Å². The standard InChI is InChI=1S/C18H30N2O/c1-15(2)21-18-9-5-4-8-17(18)13-19-12-16(3)14-20-10-6-7-11-20/h4-5,8-9,15-16,19H,6-7,10-14H2,1-3H3. The van der Waals surface area contributed by atoms with E-state index in [9.17, 15) is 0 Å². The van der Waals surface area contributed by atoms with Crippen LogP contribution in [0, 0.1) is 5.92 Å². The monoisotopic (exact) mass is 290 g/mol. The van der Waals surface area contributed by atoms with Gasteiger partial charge in [-0.3, -0.25) is 0 Å². The quantitative estimate of drug-likeness (QED) is 0.795. The summed E-state index contributed by atoms with van der Waals surface area (Å²) in [5.41, 5.74) is 1.25. The summed E-state index contributed by atoms with van der Waals surface area (Å²) in [6.45, 7) is 12.2. The molecule has 1 unspecified atom stereocenters. The van der Waals surface area contributed by atoms with Gasteiger partial charge in [0, 0.05) is 18.7 Å². The van der Waals surface area contributed by atoms with Crippen LogP contribution in [0.5, 0.6) is 5.75 Å². The molecule has 1 atom stereocenters. The molecule has 1 aliphatic heterocycles. The predicted octanol–water partition coefficient (Wildman–Crippen LogP) is 3.30. The van der Waals surface area contributed by atoms with Crippen molar-refractivity contribution in [2.24, 2.45) is 5.92 Å². The van der Waals surface area contributed by atoms with Crippen molar-refractivity contribution < 1.29 is 4.74 Å². The van der Waals surface area contributed by atoms with Crippen molar-refractivity contribution in [3.8, 4) is 5.75 Å². The second kappa shape index (κ2) is 8.40. The molecular weight excluding hydrogens is 260 g/mol. The van der Waals surface area contributed by atoms with Crippen molar-refractivity contribution in [3.63, 3.8) is 0 Å². The number of hydrogen-bond donors (Lipinski definition) is 1. The van der Waals surface area contributed by atoms with Gasteiger partial charge in [0.1, 0.15) is 5.75 Å². The second-order valence-corrected chi connectivity index (χ2v) is 6.52. The van der Waals surface area contributed by atoms with Crippen molar-refractivity contribution >= 4 is 0 Å². The highest BCUT2D eigenvalue weighted by Gasteiger charge is 2.14. The fourth-order valence-electron chi connectivity index (χ4n) is 2.94. The molecule has 1 fully saturated rings. The zero-order valence-electron chi connectivity index (χ0n) is 13.8. The van der Waals surface area contributed by atoms with E-state index in [-0.39, 0.29) is 6.10 Å². The second-order valence-electron chi connectivity index (χ2n) is 6.52. The summed E-state index contributed by atoms with van der Waals surface area (Å²) in [5.74, 6) is 1.70. The third-order valence-electron chi connectivity index (χ3n) is 3.91. The molecular formula is C18H30N2O. The zero-order chi connectivity index (χ0) is 15.1. The fraction of sp³-hybridized carbons (Fsp3) is 0.667. The Kier molecular flexibility index (Phi) is 6.52. The van der Waals surface area contributed by atoms with Crippen LogP contribution >= 0.6 is 0 Å². The van der Waals surface area contributed by atoms with Crippen molar-refractivity contribution in [1.29, 1.82) is 0 Å². The lowest BCUT2D eigenvalue weighted by atomic mass is 10.1. The normalized spacial score (nSPS) is 17.3. The summed E-state index contributed by atoms with van der Waals surface area (Å²) in [6.07, 6.45) is 2.97. The minimum Gasteiger partial charge on any atom is -0.491 e. The maximum absolute atomic E-state index is 5.86. The zero-order valence-corrected chi connectivity index (χ0v) is 13.8.